The first-order chi connectivity index (χ1) is 10.9. The van der Waals surface area contributed by atoms with Crippen LogP contribution in [-0.2, 0) is 26.0 Å². The molecule has 0 aliphatic rings. The number of ether oxygens (including phenoxy) is 1. The molecule has 0 atom stereocenters. The highest BCUT2D eigenvalue weighted by Crippen LogP contribution is 2.18. The maximum Gasteiger partial charge on any atom is 0.310 e. The quantitative estimate of drug-likeness (QED) is 0.548. The van der Waals surface area contributed by atoms with Gasteiger partial charge in [-0.2, -0.15) is 0 Å². The average molecular weight is 445 g/mol. The third-order valence-corrected chi connectivity index (χ3v) is 5.10. The SMILES string of the molecule is CCOC(=O)Cc1ccc(NS(=O)(=O)c2ccc(I)cc2)cc1. The lowest BCUT2D eigenvalue weighted by Crippen LogP contribution is -2.13. The molecule has 7 heteroatoms. The summed E-state index contributed by atoms with van der Waals surface area (Å²) >= 11 is 2.11. The molecule has 0 aliphatic heterocycles. The highest BCUT2D eigenvalue weighted by atomic mass is 127. The Morgan fingerprint density at radius 2 is 1.70 bits per heavy atom. The minimum atomic E-state index is -3.62. The van der Waals surface area contributed by atoms with E-state index in [1.807, 2.05) is 0 Å². The summed E-state index contributed by atoms with van der Waals surface area (Å²) in [5, 5.41) is 0. The number of nitrogens with one attached hydrogen (secondary N) is 1. The van der Waals surface area contributed by atoms with Crippen molar-refractivity contribution in [3.05, 3.63) is 57.7 Å². The fourth-order valence-electron chi connectivity index (χ4n) is 1.90. The maximum absolute atomic E-state index is 12.3. The first-order valence-corrected chi connectivity index (χ1v) is 9.50. The summed E-state index contributed by atoms with van der Waals surface area (Å²) in [5.41, 5.74) is 1.21. The summed E-state index contributed by atoms with van der Waals surface area (Å²) in [6.07, 6.45) is 0.165. The summed E-state index contributed by atoms with van der Waals surface area (Å²) in [6, 6.07) is 13.2. The van der Waals surface area contributed by atoms with Crippen LogP contribution in [-0.4, -0.2) is 21.0 Å². The van der Waals surface area contributed by atoms with Crippen LogP contribution in [0.2, 0.25) is 0 Å². The Morgan fingerprint density at radius 3 is 2.26 bits per heavy atom. The van der Waals surface area contributed by atoms with E-state index in [0.29, 0.717) is 12.3 Å². The van der Waals surface area contributed by atoms with Gasteiger partial charge in [0.15, 0.2) is 0 Å². The molecule has 0 fully saturated rings. The molecule has 0 saturated heterocycles. The normalized spacial score (nSPS) is 11.0. The van der Waals surface area contributed by atoms with Crippen LogP contribution in [0.1, 0.15) is 12.5 Å². The number of anilines is 1. The van der Waals surface area contributed by atoms with Crippen molar-refractivity contribution in [2.45, 2.75) is 18.2 Å². The van der Waals surface area contributed by atoms with Crippen LogP contribution < -0.4 is 4.72 Å². The predicted octanol–water partition coefficient (Wildman–Crippen LogP) is 3.20. The van der Waals surface area contributed by atoms with E-state index in [0.717, 1.165) is 9.13 Å². The molecule has 0 bridgehead atoms. The number of rotatable bonds is 6. The third kappa shape index (κ3) is 5.21. The molecule has 0 heterocycles. The minimum Gasteiger partial charge on any atom is -0.466 e. The maximum atomic E-state index is 12.3. The Hall–Kier alpha value is -1.61. The molecule has 0 aromatic heterocycles. The number of halogens is 1. The molecule has 1 N–H and O–H groups in total. The van der Waals surface area contributed by atoms with Crippen LogP contribution in [0.25, 0.3) is 0 Å². The molecule has 2 aromatic rings. The van der Waals surface area contributed by atoms with Crippen LogP contribution in [0.3, 0.4) is 0 Å². The molecule has 0 spiro atoms. The van der Waals surface area contributed by atoms with Crippen molar-refractivity contribution in [2.24, 2.45) is 0 Å². The van der Waals surface area contributed by atoms with Gasteiger partial charge in [0, 0.05) is 9.26 Å². The fourth-order valence-corrected chi connectivity index (χ4v) is 3.32. The van der Waals surface area contributed by atoms with Gasteiger partial charge in [-0.3, -0.25) is 9.52 Å². The number of carbonyl (C=O) groups is 1. The predicted molar refractivity (Wildman–Crippen MR) is 96.7 cm³/mol. The lowest BCUT2D eigenvalue weighted by Gasteiger charge is -2.09. The summed E-state index contributed by atoms with van der Waals surface area (Å²) in [4.78, 5) is 11.6. The summed E-state index contributed by atoms with van der Waals surface area (Å²) in [6.45, 7) is 2.09. The molecule has 23 heavy (non-hydrogen) atoms. The van der Waals surface area contributed by atoms with E-state index in [2.05, 4.69) is 27.3 Å². The molecule has 0 unspecified atom stereocenters. The van der Waals surface area contributed by atoms with Crippen molar-refractivity contribution >= 4 is 44.3 Å². The van der Waals surface area contributed by atoms with Gasteiger partial charge in [-0.25, -0.2) is 8.42 Å². The number of carbonyl (C=O) groups excluding carboxylic acids is 1. The zero-order chi connectivity index (χ0) is 16.9. The number of sulfonamides is 1. The van der Waals surface area contributed by atoms with E-state index in [1.54, 1.807) is 55.5 Å². The second-order valence-electron chi connectivity index (χ2n) is 4.74. The minimum absolute atomic E-state index is 0.165. The van der Waals surface area contributed by atoms with Gasteiger partial charge >= 0.3 is 5.97 Å². The monoisotopic (exact) mass is 445 g/mol. The highest BCUT2D eigenvalue weighted by Gasteiger charge is 2.14. The first-order valence-electron chi connectivity index (χ1n) is 6.93. The van der Waals surface area contributed by atoms with E-state index in [-0.39, 0.29) is 17.3 Å². The van der Waals surface area contributed by atoms with Crippen molar-refractivity contribution in [1.29, 1.82) is 0 Å². The van der Waals surface area contributed by atoms with Crippen LogP contribution in [0.5, 0.6) is 0 Å². The van der Waals surface area contributed by atoms with E-state index < -0.39 is 10.0 Å². The molecule has 0 radical (unpaired) electrons. The number of esters is 1. The fraction of sp³-hybridized carbons (Fsp3) is 0.188. The summed E-state index contributed by atoms with van der Waals surface area (Å²) in [5.74, 6) is -0.306. The van der Waals surface area contributed by atoms with Crippen molar-refractivity contribution in [2.75, 3.05) is 11.3 Å². The second kappa shape index (κ2) is 7.78. The van der Waals surface area contributed by atoms with Gasteiger partial charge in [0.05, 0.1) is 17.9 Å². The molecule has 2 aromatic carbocycles. The molecule has 0 amide bonds. The molecular weight excluding hydrogens is 429 g/mol. The Labute approximate surface area is 149 Å². The van der Waals surface area contributed by atoms with Crippen molar-refractivity contribution in [3.8, 4) is 0 Å². The van der Waals surface area contributed by atoms with Gasteiger partial charge in [0.25, 0.3) is 10.0 Å². The Balaban J connectivity index is 2.08. The van der Waals surface area contributed by atoms with Crippen molar-refractivity contribution in [1.82, 2.24) is 0 Å². The van der Waals surface area contributed by atoms with Crippen LogP contribution >= 0.6 is 22.6 Å². The van der Waals surface area contributed by atoms with Gasteiger partial charge < -0.3 is 4.74 Å². The molecule has 0 aliphatic carbocycles. The van der Waals surface area contributed by atoms with Crippen molar-refractivity contribution in [3.63, 3.8) is 0 Å². The van der Waals surface area contributed by atoms with Crippen LogP contribution in [0.15, 0.2) is 53.4 Å². The number of hydrogen-bond donors (Lipinski definition) is 1. The highest BCUT2D eigenvalue weighted by molar-refractivity contribution is 14.1. The second-order valence-corrected chi connectivity index (χ2v) is 7.67. The Bertz CT molecular complexity index is 771. The van der Waals surface area contributed by atoms with Gasteiger partial charge in [-0.15, -0.1) is 0 Å². The van der Waals surface area contributed by atoms with E-state index in [1.165, 1.54) is 0 Å². The largest absolute Gasteiger partial charge is 0.466 e. The zero-order valence-corrected chi connectivity index (χ0v) is 15.4. The van der Waals surface area contributed by atoms with E-state index in [9.17, 15) is 13.2 Å². The topological polar surface area (TPSA) is 72.5 Å². The summed E-state index contributed by atoms with van der Waals surface area (Å²) < 4.78 is 32.9. The van der Waals surface area contributed by atoms with Gasteiger partial charge in [0.1, 0.15) is 0 Å². The van der Waals surface area contributed by atoms with Gasteiger partial charge in [-0.05, 0) is 71.5 Å². The number of hydrogen-bond acceptors (Lipinski definition) is 4. The average Bonchev–Trinajstić information content (AvgIpc) is 2.50. The Morgan fingerprint density at radius 1 is 1.09 bits per heavy atom. The molecular formula is C16H16INO4S. The van der Waals surface area contributed by atoms with Gasteiger partial charge in [0.2, 0.25) is 0 Å². The number of benzene rings is 2. The van der Waals surface area contributed by atoms with E-state index in [4.69, 9.17) is 4.74 Å². The lowest BCUT2D eigenvalue weighted by atomic mass is 10.1. The smallest absolute Gasteiger partial charge is 0.310 e. The Kier molecular flexibility index (Phi) is 6.00. The van der Waals surface area contributed by atoms with Crippen LogP contribution in [0, 0.1) is 3.57 Å². The van der Waals surface area contributed by atoms with Crippen molar-refractivity contribution < 1.29 is 17.9 Å². The summed E-state index contributed by atoms with van der Waals surface area (Å²) in [7, 11) is -3.62. The van der Waals surface area contributed by atoms with Crippen LogP contribution in [0.4, 0.5) is 5.69 Å². The lowest BCUT2D eigenvalue weighted by molar-refractivity contribution is -0.142. The third-order valence-electron chi connectivity index (χ3n) is 2.98. The molecule has 0 saturated carbocycles. The van der Waals surface area contributed by atoms with Gasteiger partial charge in [-0.1, -0.05) is 12.1 Å². The van der Waals surface area contributed by atoms with E-state index >= 15 is 0 Å². The first kappa shape index (κ1) is 17.7. The molecule has 2 rings (SSSR count). The standard InChI is InChI=1S/C16H16INO4S/c1-2-22-16(19)11-12-3-7-14(8-4-12)18-23(20,21)15-9-5-13(17)6-10-15/h3-10,18H,2,11H2,1H3. The molecule has 122 valence electrons. The zero-order valence-electron chi connectivity index (χ0n) is 12.5. The molecule has 5 nitrogen and oxygen atoms in total.